The molecule has 0 aliphatic heterocycles. The summed E-state index contributed by atoms with van der Waals surface area (Å²) in [6.45, 7) is 5.55. The summed E-state index contributed by atoms with van der Waals surface area (Å²) >= 11 is 2.90. The Balaban J connectivity index is 1.57. The molecule has 2 aromatic rings. The van der Waals surface area contributed by atoms with Gasteiger partial charge in [-0.2, -0.15) is 0 Å². The minimum absolute atomic E-state index is 0.0311. The molecule has 1 aliphatic rings. The summed E-state index contributed by atoms with van der Waals surface area (Å²) in [7, 11) is 0. The number of nitrogens with one attached hydrogen (secondary N) is 2. The van der Waals surface area contributed by atoms with Crippen molar-refractivity contribution < 1.29 is 9.59 Å². The molecule has 26 heavy (non-hydrogen) atoms. The summed E-state index contributed by atoms with van der Waals surface area (Å²) in [5.41, 5.74) is 1.31. The molecule has 1 atom stereocenters. The van der Waals surface area contributed by atoms with Gasteiger partial charge in [0.25, 0.3) is 0 Å². The van der Waals surface area contributed by atoms with E-state index in [4.69, 9.17) is 0 Å². The smallest absolute Gasteiger partial charge is 0.226 e. The molecular weight excluding hydrogens is 368 g/mol. The molecule has 1 aromatic carbocycles. The number of hydrogen-bond acceptors (Lipinski definition) is 7. The summed E-state index contributed by atoms with van der Waals surface area (Å²) in [5, 5.41) is 15.0. The molecule has 1 amide bonds. The number of thioether (sulfide) groups is 1. The molecule has 1 aromatic heterocycles. The lowest BCUT2D eigenvalue weighted by Gasteiger charge is -2.10. The van der Waals surface area contributed by atoms with Gasteiger partial charge in [0.05, 0.1) is 5.25 Å². The molecule has 0 saturated heterocycles. The van der Waals surface area contributed by atoms with E-state index in [0.717, 1.165) is 9.47 Å². The van der Waals surface area contributed by atoms with Gasteiger partial charge in [0.1, 0.15) is 0 Å². The molecule has 1 saturated carbocycles. The van der Waals surface area contributed by atoms with Crippen LogP contribution in [0.2, 0.25) is 0 Å². The Kier molecular flexibility index (Phi) is 5.93. The third-order valence-corrected chi connectivity index (χ3v) is 5.96. The first-order valence-corrected chi connectivity index (χ1v) is 10.3. The quantitative estimate of drug-likeness (QED) is 0.522. The van der Waals surface area contributed by atoms with Crippen LogP contribution >= 0.6 is 23.1 Å². The van der Waals surface area contributed by atoms with Gasteiger partial charge in [-0.25, -0.2) is 0 Å². The molecule has 0 bridgehead atoms. The van der Waals surface area contributed by atoms with Gasteiger partial charge in [0.2, 0.25) is 11.0 Å². The van der Waals surface area contributed by atoms with Crippen molar-refractivity contribution in [3.63, 3.8) is 0 Å². The molecule has 138 valence electrons. The molecule has 6 nitrogen and oxygen atoms in total. The lowest BCUT2D eigenvalue weighted by atomic mass is 10.1. The van der Waals surface area contributed by atoms with E-state index in [1.165, 1.54) is 35.9 Å². The maximum atomic E-state index is 12.6. The van der Waals surface area contributed by atoms with Crippen molar-refractivity contribution in [1.82, 2.24) is 10.2 Å². The number of benzene rings is 1. The maximum absolute atomic E-state index is 12.6. The van der Waals surface area contributed by atoms with E-state index in [1.54, 1.807) is 24.3 Å². The highest BCUT2D eigenvalue weighted by Crippen LogP contribution is 2.33. The Bertz CT molecular complexity index is 785. The van der Waals surface area contributed by atoms with Gasteiger partial charge in [-0.05, 0) is 44.0 Å². The lowest BCUT2D eigenvalue weighted by Crippen LogP contribution is -2.18. The first-order chi connectivity index (χ1) is 12.4. The number of ketones is 1. The normalized spacial score (nSPS) is 14.9. The fourth-order valence-corrected chi connectivity index (χ4v) is 4.21. The van der Waals surface area contributed by atoms with Crippen molar-refractivity contribution in [1.29, 1.82) is 0 Å². The first kappa shape index (κ1) is 18.8. The highest BCUT2D eigenvalue weighted by Gasteiger charge is 2.23. The Morgan fingerprint density at radius 3 is 2.46 bits per heavy atom. The summed E-state index contributed by atoms with van der Waals surface area (Å²) in [6.07, 6.45) is 2.37. The van der Waals surface area contributed by atoms with Gasteiger partial charge >= 0.3 is 0 Å². The largest absolute Gasteiger partial charge is 0.357 e. The van der Waals surface area contributed by atoms with E-state index in [0.29, 0.717) is 17.3 Å². The molecular formula is C18H22N4O2S2. The van der Waals surface area contributed by atoms with Crippen molar-refractivity contribution in [2.45, 2.75) is 49.2 Å². The van der Waals surface area contributed by atoms with Gasteiger partial charge in [-0.1, -0.05) is 36.9 Å². The molecule has 0 radical (unpaired) electrons. The minimum Gasteiger partial charge on any atom is -0.357 e. The Morgan fingerprint density at radius 2 is 1.85 bits per heavy atom. The predicted octanol–water partition coefficient (Wildman–Crippen LogP) is 4.07. The minimum atomic E-state index is -0.257. The van der Waals surface area contributed by atoms with Crippen LogP contribution in [0.5, 0.6) is 0 Å². The van der Waals surface area contributed by atoms with Gasteiger partial charge in [0, 0.05) is 23.2 Å². The molecule has 1 aliphatic carbocycles. The number of anilines is 2. The number of hydrogen-bond donors (Lipinski definition) is 2. The average molecular weight is 391 g/mol. The third kappa shape index (κ3) is 5.04. The molecule has 2 N–H and O–H groups in total. The topological polar surface area (TPSA) is 84.0 Å². The monoisotopic (exact) mass is 390 g/mol. The van der Waals surface area contributed by atoms with Crippen molar-refractivity contribution in [3.8, 4) is 0 Å². The van der Waals surface area contributed by atoms with Crippen molar-refractivity contribution >= 4 is 45.6 Å². The zero-order valence-corrected chi connectivity index (χ0v) is 16.6. The molecule has 1 heterocycles. The van der Waals surface area contributed by atoms with Crippen LogP contribution in [-0.4, -0.2) is 33.2 Å². The highest BCUT2D eigenvalue weighted by molar-refractivity contribution is 8.02. The predicted molar refractivity (Wildman–Crippen MR) is 106 cm³/mol. The summed E-state index contributed by atoms with van der Waals surface area (Å²) in [5.74, 6) is -0.0950. The standard InChI is InChI=1S/C18H22N4O2S2/c1-10(2)16(24)19-13-6-4-12(5-7-13)15(23)11(3)25-18-22-21-17(26-18)20-14-8-9-14/h4-7,10-11,14H,8-9H2,1-3H3,(H,19,24)(H,20,21)/t11-/m1/s1. The van der Waals surface area contributed by atoms with E-state index in [1.807, 2.05) is 20.8 Å². The number of rotatable bonds is 8. The third-order valence-electron chi connectivity index (χ3n) is 3.92. The van der Waals surface area contributed by atoms with Crippen LogP contribution in [0.15, 0.2) is 28.6 Å². The summed E-state index contributed by atoms with van der Waals surface area (Å²) < 4.78 is 0.787. The molecule has 8 heteroatoms. The second kappa shape index (κ2) is 8.18. The average Bonchev–Trinajstić information content (AvgIpc) is 3.32. The number of carbonyl (C=O) groups is 2. The van der Waals surface area contributed by atoms with Crippen LogP contribution < -0.4 is 10.6 Å². The fraction of sp³-hybridized carbons (Fsp3) is 0.444. The SMILES string of the molecule is CC(C)C(=O)Nc1ccc(C(=O)[C@@H](C)Sc2nnc(NC3CC3)s2)cc1. The van der Waals surface area contributed by atoms with Crippen molar-refractivity contribution in [2.24, 2.45) is 5.92 Å². The molecule has 0 unspecified atom stereocenters. The number of amides is 1. The van der Waals surface area contributed by atoms with Crippen molar-refractivity contribution in [3.05, 3.63) is 29.8 Å². The van der Waals surface area contributed by atoms with Crippen LogP contribution in [0.1, 0.15) is 44.0 Å². The van der Waals surface area contributed by atoms with Gasteiger partial charge in [-0.3, -0.25) is 9.59 Å². The first-order valence-electron chi connectivity index (χ1n) is 8.64. The maximum Gasteiger partial charge on any atom is 0.226 e. The van der Waals surface area contributed by atoms with E-state index in [2.05, 4.69) is 20.8 Å². The molecule has 3 rings (SSSR count). The van der Waals surface area contributed by atoms with E-state index in [9.17, 15) is 9.59 Å². The van der Waals surface area contributed by atoms with E-state index >= 15 is 0 Å². The summed E-state index contributed by atoms with van der Waals surface area (Å²) in [6, 6.07) is 7.54. The Hall–Kier alpha value is -1.93. The second-order valence-corrected chi connectivity index (χ2v) is 9.20. The Labute approximate surface area is 161 Å². The zero-order valence-electron chi connectivity index (χ0n) is 15.0. The number of carbonyl (C=O) groups excluding carboxylic acids is 2. The van der Waals surface area contributed by atoms with E-state index < -0.39 is 0 Å². The van der Waals surface area contributed by atoms with Crippen LogP contribution in [-0.2, 0) is 4.79 Å². The number of nitrogens with zero attached hydrogens (tertiary/aromatic N) is 2. The second-order valence-electron chi connectivity index (χ2n) is 6.64. The van der Waals surface area contributed by atoms with Crippen LogP contribution in [0.4, 0.5) is 10.8 Å². The molecule has 0 spiro atoms. The van der Waals surface area contributed by atoms with Gasteiger partial charge in [-0.15, -0.1) is 10.2 Å². The Morgan fingerprint density at radius 1 is 1.15 bits per heavy atom. The zero-order chi connectivity index (χ0) is 18.7. The van der Waals surface area contributed by atoms with Gasteiger partial charge < -0.3 is 10.6 Å². The fourth-order valence-electron chi connectivity index (χ4n) is 2.16. The lowest BCUT2D eigenvalue weighted by molar-refractivity contribution is -0.118. The molecule has 1 fully saturated rings. The van der Waals surface area contributed by atoms with Crippen LogP contribution in [0, 0.1) is 5.92 Å². The number of aromatic nitrogens is 2. The summed E-state index contributed by atoms with van der Waals surface area (Å²) in [4.78, 5) is 24.3. The van der Waals surface area contributed by atoms with Crippen LogP contribution in [0.3, 0.4) is 0 Å². The van der Waals surface area contributed by atoms with Crippen LogP contribution in [0.25, 0.3) is 0 Å². The van der Waals surface area contributed by atoms with Crippen molar-refractivity contribution in [2.75, 3.05) is 10.6 Å². The highest BCUT2D eigenvalue weighted by atomic mass is 32.2. The van der Waals surface area contributed by atoms with Gasteiger partial charge in [0.15, 0.2) is 10.1 Å². The van der Waals surface area contributed by atoms with E-state index in [-0.39, 0.29) is 22.9 Å². The number of Topliss-reactive ketones (excluding diaryl/α,β-unsaturated/α-hetero) is 1.